The van der Waals surface area contributed by atoms with E-state index in [1.807, 2.05) is 6.07 Å². The molecule has 1 saturated heterocycles. The Kier molecular flexibility index (Phi) is 5.82. The molecule has 5 N–H and O–H groups in total. The highest BCUT2D eigenvalue weighted by atomic mass is 16.5. The first-order valence-electron chi connectivity index (χ1n) is 8.67. The summed E-state index contributed by atoms with van der Waals surface area (Å²) in [7, 11) is 0. The summed E-state index contributed by atoms with van der Waals surface area (Å²) < 4.78 is 5.35. The molecule has 1 fully saturated rings. The van der Waals surface area contributed by atoms with Crippen LogP contribution in [0.1, 0.15) is 30.1 Å². The van der Waals surface area contributed by atoms with Crippen LogP contribution in [0, 0.1) is 0 Å². The van der Waals surface area contributed by atoms with Gasteiger partial charge in [-0.25, -0.2) is 4.98 Å². The summed E-state index contributed by atoms with van der Waals surface area (Å²) in [5, 5.41) is 9.05. The van der Waals surface area contributed by atoms with Gasteiger partial charge < -0.3 is 26.4 Å². The molecule has 1 aromatic carbocycles. The van der Waals surface area contributed by atoms with E-state index in [0.717, 1.165) is 12.8 Å². The zero-order chi connectivity index (χ0) is 19.2. The molecule has 0 atom stereocenters. The van der Waals surface area contributed by atoms with Gasteiger partial charge in [0.1, 0.15) is 5.82 Å². The number of rotatable bonds is 6. The average molecular weight is 370 g/mol. The van der Waals surface area contributed by atoms with Crippen LogP contribution in [0.4, 0.5) is 23.1 Å². The fourth-order valence-electron chi connectivity index (χ4n) is 2.77. The molecule has 142 valence electrons. The van der Waals surface area contributed by atoms with Crippen LogP contribution >= 0.6 is 0 Å². The molecule has 0 bridgehead atoms. The van der Waals surface area contributed by atoms with Crippen LogP contribution in [-0.4, -0.2) is 41.0 Å². The molecule has 2 heterocycles. The molecule has 0 saturated carbocycles. The number of amides is 2. The Bertz CT molecular complexity index is 836. The van der Waals surface area contributed by atoms with Crippen molar-refractivity contribution >= 4 is 35.0 Å². The molecule has 1 aliphatic heterocycles. The molecule has 9 heteroatoms. The molecule has 0 radical (unpaired) electrons. The van der Waals surface area contributed by atoms with E-state index in [0.29, 0.717) is 36.4 Å². The van der Waals surface area contributed by atoms with E-state index in [1.54, 1.807) is 18.2 Å². The minimum absolute atomic E-state index is 0.155. The SMILES string of the molecule is CC(=O)Nc1cccc(Nc2ncc(C(N)=O)c(NC3CCOCC3)n2)c1. The molecule has 3 rings (SSSR count). The van der Waals surface area contributed by atoms with Gasteiger partial charge in [0, 0.05) is 43.8 Å². The zero-order valence-corrected chi connectivity index (χ0v) is 15.0. The topological polar surface area (TPSA) is 131 Å². The molecule has 2 amide bonds. The number of ether oxygens (including phenoxy) is 1. The van der Waals surface area contributed by atoms with Crippen LogP contribution < -0.4 is 21.7 Å². The summed E-state index contributed by atoms with van der Waals surface area (Å²) in [6, 6.07) is 7.32. The van der Waals surface area contributed by atoms with Crippen molar-refractivity contribution in [1.29, 1.82) is 0 Å². The summed E-state index contributed by atoms with van der Waals surface area (Å²) in [6.45, 7) is 2.77. The van der Waals surface area contributed by atoms with Crippen molar-refractivity contribution in [2.24, 2.45) is 5.73 Å². The van der Waals surface area contributed by atoms with Crippen LogP contribution in [0.5, 0.6) is 0 Å². The van der Waals surface area contributed by atoms with E-state index in [2.05, 4.69) is 25.9 Å². The van der Waals surface area contributed by atoms with Crippen molar-refractivity contribution in [3.05, 3.63) is 36.0 Å². The Morgan fingerprint density at radius 1 is 1.22 bits per heavy atom. The predicted octanol–water partition coefficient (Wildman–Crippen LogP) is 1.87. The summed E-state index contributed by atoms with van der Waals surface area (Å²) in [4.78, 5) is 31.5. The lowest BCUT2D eigenvalue weighted by Gasteiger charge is -2.24. The molecule has 0 spiro atoms. The fourth-order valence-corrected chi connectivity index (χ4v) is 2.77. The molecule has 1 aromatic heterocycles. The van der Waals surface area contributed by atoms with E-state index >= 15 is 0 Å². The Balaban J connectivity index is 1.80. The quantitative estimate of drug-likeness (QED) is 0.610. The standard InChI is InChI=1S/C18H22N6O3/c1-11(25)21-13-3-2-4-14(9-13)23-18-20-10-15(16(19)26)17(24-18)22-12-5-7-27-8-6-12/h2-4,9-10,12H,5-8H2,1H3,(H2,19,26)(H,21,25)(H2,20,22,23,24). The second kappa shape index (κ2) is 8.45. The summed E-state index contributed by atoms with van der Waals surface area (Å²) in [5.41, 5.74) is 7.03. The van der Waals surface area contributed by atoms with E-state index in [-0.39, 0.29) is 17.5 Å². The number of nitrogens with zero attached hydrogens (tertiary/aromatic N) is 2. The second-order valence-corrected chi connectivity index (χ2v) is 6.24. The fraction of sp³-hybridized carbons (Fsp3) is 0.333. The highest BCUT2D eigenvalue weighted by Crippen LogP contribution is 2.22. The third kappa shape index (κ3) is 5.14. The third-order valence-corrected chi connectivity index (χ3v) is 4.06. The lowest BCUT2D eigenvalue weighted by molar-refractivity contribution is -0.114. The molecule has 9 nitrogen and oxygen atoms in total. The van der Waals surface area contributed by atoms with Gasteiger partial charge >= 0.3 is 0 Å². The molecule has 0 unspecified atom stereocenters. The maximum atomic E-state index is 11.7. The number of primary amides is 1. The van der Waals surface area contributed by atoms with Crippen molar-refractivity contribution in [2.45, 2.75) is 25.8 Å². The summed E-state index contributed by atoms with van der Waals surface area (Å²) >= 11 is 0. The first kappa shape index (κ1) is 18.6. The maximum Gasteiger partial charge on any atom is 0.254 e. The number of anilines is 4. The Labute approximate surface area is 156 Å². The number of carbonyl (C=O) groups is 2. The number of aromatic nitrogens is 2. The molecular formula is C18H22N6O3. The van der Waals surface area contributed by atoms with E-state index in [1.165, 1.54) is 13.1 Å². The van der Waals surface area contributed by atoms with E-state index in [4.69, 9.17) is 10.5 Å². The van der Waals surface area contributed by atoms with Gasteiger partial charge in [0.05, 0.1) is 5.56 Å². The van der Waals surface area contributed by atoms with Gasteiger partial charge in [0.25, 0.3) is 5.91 Å². The van der Waals surface area contributed by atoms with Gasteiger partial charge in [-0.2, -0.15) is 4.98 Å². The molecule has 27 heavy (non-hydrogen) atoms. The lowest BCUT2D eigenvalue weighted by atomic mass is 10.1. The Morgan fingerprint density at radius 3 is 2.67 bits per heavy atom. The van der Waals surface area contributed by atoms with E-state index < -0.39 is 5.91 Å². The summed E-state index contributed by atoms with van der Waals surface area (Å²) in [5.74, 6) is -0.0413. The van der Waals surface area contributed by atoms with Crippen molar-refractivity contribution in [3.8, 4) is 0 Å². The molecule has 2 aromatic rings. The van der Waals surface area contributed by atoms with Gasteiger partial charge in [-0.15, -0.1) is 0 Å². The smallest absolute Gasteiger partial charge is 0.254 e. The van der Waals surface area contributed by atoms with Crippen LogP contribution in [0.25, 0.3) is 0 Å². The van der Waals surface area contributed by atoms with E-state index in [9.17, 15) is 9.59 Å². The minimum Gasteiger partial charge on any atom is -0.381 e. The summed E-state index contributed by atoms with van der Waals surface area (Å²) in [6.07, 6.45) is 3.05. The van der Waals surface area contributed by atoms with Crippen molar-refractivity contribution < 1.29 is 14.3 Å². The third-order valence-electron chi connectivity index (χ3n) is 4.06. The Hall–Kier alpha value is -3.20. The second-order valence-electron chi connectivity index (χ2n) is 6.24. The van der Waals surface area contributed by atoms with Crippen molar-refractivity contribution in [2.75, 3.05) is 29.2 Å². The Morgan fingerprint density at radius 2 is 1.96 bits per heavy atom. The highest BCUT2D eigenvalue weighted by Gasteiger charge is 2.18. The van der Waals surface area contributed by atoms with Crippen molar-refractivity contribution in [1.82, 2.24) is 9.97 Å². The van der Waals surface area contributed by atoms with Crippen LogP contribution in [0.3, 0.4) is 0 Å². The van der Waals surface area contributed by atoms with Gasteiger partial charge in [0.15, 0.2) is 0 Å². The van der Waals surface area contributed by atoms with Crippen LogP contribution in [-0.2, 0) is 9.53 Å². The molecule has 0 aliphatic carbocycles. The average Bonchev–Trinajstić information content (AvgIpc) is 2.62. The number of carbonyl (C=O) groups excluding carboxylic acids is 2. The van der Waals surface area contributed by atoms with Gasteiger partial charge in [-0.1, -0.05) is 6.07 Å². The first-order valence-corrected chi connectivity index (χ1v) is 8.67. The number of hydrogen-bond acceptors (Lipinski definition) is 7. The highest BCUT2D eigenvalue weighted by molar-refractivity contribution is 5.97. The lowest BCUT2D eigenvalue weighted by Crippen LogP contribution is -2.29. The number of nitrogens with two attached hydrogens (primary N) is 1. The minimum atomic E-state index is -0.594. The zero-order valence-electron chi connectivity index (χ0n) is 15.0. The van der Waals surface area contributed by atoms with Gasteiger partial charge in [0.2, 0.25) is 11.9 Å². The largest absolute Gasteiger partial charge is 0.381 e. The number of hydrogen-bond donors (Lipinski definition) is 4. The van der Waals surface area contributed by atoms with Gasteiger partial charge in [-0.3, -0.25) is 9.59 Å². The molecular weight excluding hydrogens is 348 g/mol. The maximum absolute atomic E-state index is 11.7. The predicted molar refractivity (Wildman–Crippen MR) is 102 cm³/mol. The first-order chi connectivity index (χ1) is 13.0. The van der Waals surface area contributed by atoms with Crippen LogP contribution in [0.15, 0.2) is 30.5 Å². The van der Waals surface area contributed by atoms with Crippen molar-refractivity contribution in [3.63, 3.8) is 0 Å². The normalized spacial score (nSPS) is 14.4. The number of nitrogens with one attached hydrogen (secondary N) is 3. The van der Waals surface area contributed by atoms with Gasteiger partial charge in [-0.05, 0) is 31.0 Å². The molecule has 1 aliphatic rings. The monoisotopic (exact) mass is 370 g/mol. The number of benzene rings is 1. The van der Waals surface area contributed by atoms with Crippen LogP contribution in [0.2, 0.25) is 0 Å².